The summed E-state index contributed by atoms with van der Waals surface area (Å²) < 4.78 is 18.1. The molecule has 8 nitrogen and oxygen atoms in total. The fourth-order valence-electron chi connectivity index (χ4n) is 17.5. The van der Waals surface area contributed by atoms with E-state index in [0.29, 0.717) is 0 Å². The Balaban J connectivity index is 0.587. The van der Waals surface area contributed by atoms with Crippen LogP contribution < -0.4 is 0 Å². The summed E-state index contributed by atoms with van der Waals surface area (Å²) in [5, 5.41) is 9.02. The van der Waals surface area contributed by atoms with Gasteiger partial charge in [-0.3, -0.25) is 19.9 Å². The van der Waals surface area contributed by atoms with Gasteiger partial charge >= 0.3 is 0 Å². The first-order chi connectivity index (χ1) is 55.5. The van der Waals surface area contributed by atoms with E-state index in [2.05, 4.69) is 341 Å². The average molecular weight is 1430 g/mol. The van der Waals surface area contributed by atoms with Crippen LogP contribution in [0.5, 0.6) is 0 Å². The molecule has 0 saturated carbocycles. The van der Waals surface area contributed by atoms with E-state index in [1.165, 1.54) is 32.7 Å². The SMILES string of the molecule is C1=C(c2ccnc(-c3ccccc3-c3ccc4c(c3)c3ccccc3n4-c3cccc(-n4c5ccccc5c5cc(-c6cncc(-c7ccccc7)c6)ccc54)c3)c2)CCC(c2cccnc2)=C1c1ccc2oc3ccc(-c4ccccc4-c4ccc5oc6ccc(-c7ccccc7-c7cccnc7)cc6c5c4)cc3c2c1. The number of hydrogen-bond donors (Lipinski definition) is 0. The smallest absolute Gasteiger partial charge is 0.135 e. The molecule has 0 unspecified atom stereocenters. The Morgan fingerprint density at radius 1 is 0.241 bits per heavy atom. The molecule has 8 aromatic heterocycles. The second-order valence-electron chi connectivity index (χ2n) is 29.2. The zero-order chi connectivity index (χ0) is 73.7. The first kappa shape index (κ1) is 64.3. The van der Waals surface area contributed by atoms with E-state index in [1.807, 2.05) is 55.5 Å². The molecule has 0 atom stereocenters. The van der Waals surface area contributed by atoms with Crippen molar-refractivity contribution in [1.82, 2.24) is 29.1 Å². The molecular weight excluding hydrogens is 1370 g/mol. The van der Waals surface area contributed by atoms with Gasteiger partial charge in [0.2, 0.25) is 0 Å². The maximum Gasteiger partial charge on any atom is 0.135 e. The van der Waals surface area contributed by atoms with Crippen molar-refractivity contribution in [3.63, 3.8) is 0 Å². The lowest BCUT2D eigenvalue weighted by Crippen LogP contribution is -2.00. The minimum Gasteiger partial charge on any atom is -0.456 e. The minimum absolute atomic E-state index is 0.830. The Labute approximate surface area is 645 Å². The molecule has 1 aliphatic rings. The summed E-state index contributed by atoms with van der Waals surface area (Å²) in [4.78, 5) is 19.0. The number of hydrogen-bond acceptors (Lipinski definition) is 6. The lowest BCUT2D eigenvalue weighted by molar-refractivity contribution is 0.668. The molecular formula is C104H66N6O2. The Hall–Kier alpha value is -14.9. The fraction of sp³-hybridized carbons (Fsp3) is 0.0192. The highest BCUT2D eigenvalue weighted by Gasteiger charge is 2.24. The van der Waals surface area contributed by atoms with Gasteiger partial charge in [-0.1, -0.05) is 200 Å². The van der Waals surface area contributed by atoms with E-state index in [4.69, 9.17) is 18.8 Å². The van der Waals surface area contributed by atoms with Gasteiger partial charge in [0.05, 0.1) is 27.8 Å². The average Bonchev–Trinajstić information content (AvgIpc) is 1.58. The van der Waals surface area contributed by atoms with E-state index in [0.717, 1.165) is 202 Å². The molecule has 8 heterocycles. The van der Waals surface area contributed by atoms with Gasteiger partial charge in [0, 0.05) is 120 Å². The van der Waals surface area contributed by atoms with E-state index in [-0.39, 0.29) is 0 Å². The highest BCUT2D eigenvalue weighted by molar-refractivity contribution is 6.15. The van der Waals surface area contributed by atoms with Crippen LogP contribution in [-0.2, 0) is 0 Å². The van der Waals surface area contributed by atoms with Crippen molar-refractivity contribution in [3.05, 3.63) is 394 Å². The first-order valence-corrected chi connectivity index (χ1v) is 38.1. The van der Waals surface area contributed by atoms with Crippen molar-refractivity contribution in [3.8, 4) is 101 Å². The topological polar surface area (TPSA) is 87.7 Å². The molecule has 0 spiro atoms. The summed E-state index contributed by atoms with van der Waals surface area (Å²) >= 11 is 0. The van der Waals surface area contributed by atoms with Crippen LogP contribution >= 0.6 is 0 Å². The van der Waals surface area contributed by atoms with Crippen LogP contribution in [0.25, 0.3) is 205 Å². The third kappa shape index (κ3) is 11.0. The van der Waals surface area contributed by atoms with E-state index < -0.39 is 0 Å². The number of furan rings is 2. The number of pyridine rings is 4. The number of aromatic nitrogens is 6. The zero-order valence-corrected chi connectivity index (χ0v) is 60.7. The summed E-state index contributed by atoms with van der Waals surface area (Å²) in [6.45, 7) is 0. The van der Waals surface area contributed by atoms with Crippen molar-refractivity contribution in [1.29, 1.82) is 0 Å². The van der Waals surface area contributed by atoms with Crippen LogP contribution in [0.2, 0.25) is 0 Å². The van der Waals surface area contributed by atoms with E-state index >= 15 is 0 Å². The standard InChI is InChI=1S/C104H66N6O2/c1-2-17-65(18-3-1)76-51-77(64-107-63-76)67-34-41-99-90(53-67)87-29-10-12-31-97(87)109(99)78-21-14-22-79(60-78)110-98-32-13-11-30-88(98)91-54-69(35-42-100(91)110)83-26-8-9-28-86(83)96-59-68(47-50-108-96)66-33-40-85(75-20-16-49-106-62-75)89(52-66)73-39-46-104-95(58-73)94-56-71(37-44-103(94)112-104)81-24-5-4-23-80(81)70-36-43-101-92(55-70)93-57-72(38-45-102(93)111-101)82-25-6-7-27-84(82)74-19-15-48-105-61-74/h1-32,34-39,41-64H,33,40H2. The van der Waals surface area contributed by atoms with E-state index in [9.17, 15) is 0 Å². The number of allylic oxidation sites excluding steroid dienone is 4. The van der Waals surface area contributed by atoms with Crippen molar-refractivity contribution >= 4 is 104 Å². The largest absolute Gasteiger partial charge is 0.456 e. The highest BCUT2D eigenvalue weighted by Crippen LogP contribution is 2.47. The molecule has 0 bridgehead atoms. The van der Waals surface area contributed by atoms with Crippen LogP contribution in [0.3, 0.4) is 0 Å². The second kappa shape index (κ2) is 26.5. The second-order valence-corrected chi connectivity index (χ2v) is 29.2. The molecule has 13 aromatic carbocycles. The minimum atomic E-state index is 0.830. The monoisotopic (exact) mass is 1430 g/mol. The van der Waals surface area contributed by atoms with Crippen LogP contribution in [0.1, 0.15) is 29.5 Å². The molecule has 524 valence electrons. The summed E-state index contributed by atoms with van der Waals surface area (Å²) in [5.74, 6) is 0. The zero-order valence-electron chi connectivity index (χ0n) is 60.7. The molecule has 0 amide bonds. The van der Waals surface area contributed by atoms with Gasteiger partial charge in [0.25, 0.3) is 0 Å². The molecule has 112 heavy (non-hydrogen) atoms. The maximum atomic E-state index is 6.71. The normalized spacial score (nSPS) is 12.6. The van der Waals surface area contributed by atoms with Gasteiger partial charge in [-0.25, -0.2) is 0 Å². The van der Waals surface area contributed by atoms with Crippen molar-refractivity contribution in [2.24, 2.45) is 0 Å². The number of fused-ring (bicyclic) bond motifs is 12. The van der Waals surface area contributed by atoms with E-state index in [1.54, 1.807) is 0 Å². The van der Waals surface area contributed by atoms with Gasteiger partial charge in [-0.05, 0) is 241 Å². The molecule has 0 saturated heterocycles. The lowest BCUT2D eigenvalue weighted by Gasteiger charge is -2.22. The number of rotatable bonds is 13. The first-order valence-electron chi connectivity index (χ1n) is 38.1. The predicted octanol–water partition coefficient (Wildman–Crippen LogP) is 27.4. The Kier molecular flexibility index (Phi) is 15.2. The third-order valence-corrected chi connectivity index (χ3v) is 22.8. The molecule has 0 N–H and O–H groups in total. The Morgan fingerprint density at radius 3 is 1.23 bits per heavy atom. The third-order valence-electron chi connectivity index (χ3n) is 22.8. The number of nitrogens with zero attached hydrogens (tertiary/aromatic N) is 6. The molecule has 0 radical (unpaired) electrons. The molecule has 0 aliphatic heterocycles. The van der Waals surface area contributed by atoms with Gasteiger partial charge < -0.3 is 18.0 Å². The van der Waals surface area contributed by atoms with Crippen LogP contribution in [0, 0.1) is 0 Å². The molecule has 21 aromatic rings. The maximum absolute atomic E-state index is 6.71. The Bertz CT molecular complexity index is 7440. The van der Waals surface area contributed by atoms with Crippen molar-refractivity contribution in [2.75, 3.05) is 0 Å². The van der Waals surface area contributed by atoms with Crippen molar-refractivity contribution in [2.45, 2.75) is 12.8 Å². The van der Waals surface area contributed by atoms with Crippen LogP contribution in [0.15, 0.2) is 386 Å². The predicted molar refractivity (Wildman–Crippen MR) is 461 cm³/mol. The summed E-state index contributed by atoms with van der Waals surface area (Å²) in [6, 6.07) is 118. The van der Waals surface area contributed by atoms with Gasteiger partial charge in [0.1, 0.15) is 22.3 Å². The van der Waals surface area contributed by atoms with Gasteiger partial charge in [0.15, 0.2) is 0 Å². The van der Waals surface area contributed by atoms with Crippen molar-refractivity contribution < 1.29 is 8.83 Å². The molecule has 22 rings (SSSR count). The number of benzene rings is 13. The van der Waals surface area contributed by atoms with Gasteiger partial charge in [-0.2, -0.15) is 0 Å². The quantitative estimate of drug-likeness (QED) is 0.114. The summed E-state index contributed by atoms with van der Waals surface area (Å²) in [7, 11) is 0. The lowest BCUT2D eigenvalue weighted by atomic mass is 9.83. The molecule has 1 aliphatic carbocycles. The summed E-state index contributed by atoms with van der Waals surface area (Å²) in [5.41, 5.74) is 34.8. The number of para-hydroxylation sites is 2. The Morgan fingerprint density at radius 2 is 0.670 bits per heavy atom. The van der Waals surface area contributed by atoms with Crippen LogP contribution in [0.4, 0.5) is 0 Å². The molecule has 0 fully saturated rings. The highest BCUT2D eigenvalue weighted by atomic mass is 16.3. The fourth-order valence-corrected chi connectivity index (χ4v) is 17.5. The summed E-state index contributed by atoms with van der Waals surface area (Å²) in [6.07, 6.45) is 17.6. The van der Waals surface area contributed by atoms with Crippen LogP contribution in [-0.4, -0.2) is 29.1 Å². The van der Waals surface area contributed by atoms with Gasteiger partial charge in [-0.15, -0.1) is 0 Å². The molecule has 8 heteroatoms.